The molecular weight excluding hydrogens is 366 g/mol. The lowest BCUT2D eigenvalue weighted by Crippen LogP contribution is -2.17. The van der Waals surface area contributed by atoms with Crippen LogP contribution in [0.25, 0.3) is 0 Å². The highest BCUT2D eigenvalue weighted by molar-refractivity contribution is 7.91. The predicted molar refractivity (Wildman–Crippen MR) is 96.3 cm³/mol. The fourth-order valence-corrected chi connectivity index (χ4v) is 3.68. The Morgan fingerprint density at radius 2 is 1.80 bits per heavy atom. The van der Waals surface area contributed by atoms with Crippen molar-refractivity contribution in [3.05, 3.63) is 47.5 Å². The number of benzene rings is 2. The zero-order chi connectivity index (χ0) is 18.4. The molecule has 0 aliphatic heterocycles. The molecule has 0 aliphatic carbocycles. The highest BCUT2D eigenvalue weighted by Crippen LogP contribution is 2.29. The molecule has 0 atom stereocenters. The van der Waals surface area contributed by atoms with E-state index in [0.29, 0.717) is 22.2 Å². The number of sulfone groups is 1. The summed E-state index contributed by atoms with van der Waals surface area (Å²) in [5.74, 6) is 0.264. The van der Waals surface area contributed by atoms with Crippen molar-refractivity contribution in [3.63, 3.8) is 0 Å². The topological polar surface area (TPSA) is 81.7 Å². The fraction of sp³-hybridized carbons (Fsp3) is 0.235. The van der Waals surface area contributed by atoms with Gasteiger partial charge in [0, 0.05) is 23.2 Å². The molecule has 0 saturated carbocycles. The molecule has 2 rings (SSSR count). The molecule has 0 unspecified atom stereocenters. The first-order valence-corrected chi connectivity index (χ1v) is 9.39. The van der Waals surface area contributed by atoms with Crippen LogP contribution in [0.2, 0.25) is 5.02 Å². The van der Waals surface area contributed by atoms with E-state index in [-0.39, 0.29) is 17.1 Å². The molecule has 8 heteroatoms. The summed E-state index contributed by atoms with van der Waals surface area (Å²) in [6.45, 7) is 0. The zero-order valence-corrected chi connectivity index (χ0v) is 15.4. The summed E-state index contributed by atoms with van der Waals surface area (Å²) in [6.07, 6.45) is -0.177. The number of carbonyl (C=O) groups excluding carboxylic acids is 1. The Balaban J connectivity index is 2.01. The fourth-order valence-electron chi connectivity index (χ4n) is 2.14. The molecule has 0 bridgehead atoms. The van der Waals surface area contributed by atoms with E-state index in [1.54, 1.807) is 30.3 Å². The standard InChI is InChI=1S/C17H18ClNO5S/c1-23-15-7-6-13(11-16(15)24-2)19-17(20)8-9-25(21,22)14-5-3-4-12(18)10-14/h3-7,10-11H,8-9H2,1-2H3,(H,19,20). The van der Waals surface area contributed by atoms with Gasteiger partial charge in [0.15, 0.2) is 21.3 Å². The van der Waals surface area contributed by atoms with E-state index in [1.807, 2.05) is 0 Å². The van der Waals surface area contributed by atoms with Gasteiger partial charge in [0.2, 0.25) is 5.91 Å². The minimum absolute atomic E-state index is 0.0962. The van der Waals surface area contributed by atoms with Crippen LogP contribution in [0.1, 0.15) is 6.42 Å². The molecular formula is C17H18ClNO5S. The van der Waals surface area contributed by atoms with Gasteiger partial charge < -0.3 is 14.8 Å². The second-order valence-electron chi connectivity index (χ2n) is 5.14. The van der Waals surface area contributed by atoms with Gasteiger partial charge in [0.05, 0.1) is 24.9 Å². The first-order valence-electron chi connectivity index (χ1n) is 7.36. The lowest BCUT2D eigenvalue weighted by molar-refractivity contribution is -0.115. The molecule has 25 heavy (non-hydrogen) atoms. The lowest BCUT2D eigenvalue weighted by atomic mass is 10.2. The van der Waals surface area contributed by atoms with Crippen molar-refractivity contribution in [1.29, 1.82) is 0 Å². The predicted octanol–water partition coefficient (Wildman–Crippen LogP) is 3.16. The van der Waals surface area contributed by atoms with Crippen molar-refractivity contribution >= 4 is 33.0 Å². The molecule has 1 N–H and O–H groups in total. The third-order valence-corrected chi connectivity index (χ3v) is 5.37. The molecule has 0 radical (unpaired) electrons. The number of halogens is 1. The molecule has 2 aromatic rings. The van der Waals surface area contributed by atoms with Gasteiger partial charge in [0.1, 0.15) is 0 Å². The Morgan fingerprint density at radius 3 is 2.44 bits per heavy atom. The van der Waals surface area contributed by atoms with Crippen LogP contribution in [0, 0.1) is 0 Å². The van der Waals surface area contributed by atoms with Crippen molar-refractivity contribution < 1.29 is 22.7 Å². The van der Waals surface area contributed by atoms with Crippen LogP contribution in [0.15, 0.2) is 47.4 Å². The number of ether oxygens (including phenoxy) is 2. The van der Waals surface area contributed by atoms with Crippen LogP contribution < -0.4 is 14.8 Å². The molecule has 0 aromatic heterocycles. The zero-order valence-electron chi connectivity index (χ0n) is 13.8. The molecule has 6 nitrogen and oxygen atoms in total. The summed E-state index contributed by atoms with van der Waals surface area (Å²) in [5, 5.41) is 2.97. The van der Waals surface area contributed by atoms with Crippen molar-refractivity contribution in [1.82, 2.24) is 0 Å². The van der Waals surface area contributed by atoms with Crippen LogP contribution in [0.4, 0.5) is 5.69 Å². The van der Waals surface area contributed by atoms with E-state index in [1.165, 1.54) is 26.4 Å². The Labute approximate surface area is 151 Å². The van der Waals surface area contributed by atoms with E-state index >= 15 is 0 Å². The molecule has 0 heterocycles. The van der Waals surface area contributed by atoms with Crippen molar-refractivity contribution in [3.8, 4) is 11.5 Å². The first-order chi connectivity index (χ1) is 11.9. The average molecular weight is 384 g/mol. The lowest BCUT2D eigenvalue weighted by Gasteiger charge is -2.11. The van der Waals surface area contributed by atoms with Crippen molar-refractivity contribution in [2.24, 2.45) is 0 Å². The van der Waals surface area contributed by atoms with Gasteiger partial charge in [-0.3, -0.25) is 4.79 Å². The summed E-state index contributed by atoms with van der Waals surface area (Å²) in [7, 11) is -0.586. The molecule has 2 aromatic carbocycles. The van der Waals surface area contributed by atoms with Crippen molar-refractivity contribution in [2.45, 2.75) is 11.3 Å². The molecule has 0 aliphatic rings. The van der Waals surface area contributed by atoms with Crippen LogP contribution in [-0.4, -0.2) is 34.3 Å². The van der Waals surface area contributed by atoms with E-state index in [2.05, 4.69) is 5.32 Å². The Morgan fingerprint density at radius 1 is 1.08 bits per heavy atom. The highest BCUT2D eigenvalue weighted by Gasteiger charge is 2.17. The molecule has 0 spiro atoms. The number of anilines is 1. The third-order valence-electron chi connectivity index (χ3n) is 3.42. The van der Waals surface area contributed by atoms with Gasteiger partial charge in [-0.2, -0.15) is 0 Å². The number of hydrogen-bond donors (Lipinski definition) is 1. The molecule has 0 fully saturated rings. The smallest absolute Gasteiger partial charge is 0.225 e. The number of amides is 1. The molecule has 0 saturated heterocycles. The Hall–Kier alpha value is -2.25. The van der Waals surface area contributed by atoms with E-state index in [4.69, 9.17) is 21.1 Å². The summed E-state index contributed by atoms with van der Waals surface area (Å²) in [6, 6.07) is 10.9. The number of methoxy groups -OCH3 is 2. The summed E-state index contributed by atoms with van der Waals surface area (Å²) >= 11 is 5.81. The quantitative estimate of drug-likeness (QED) is 0.794. The molecule has 134 valence electrons. The Kier molecular flexibility index (Phi) is 6.27. The monoisotopic (exact) mass is 383 g/mol. The number of carbonyl (C=O) groups is 1. The second-order valence-corrected chi connectivity index (χ2v) is 7.69. The van der Waals surface area contributed by atoms with Gasteiger partial charge in [0.25, 0.3) is 0 Å². The van der Waals surface area contributed by atoms with Gasteiger partial charge in [-0.1, -0.05) is 17.7 Å². The van der Waals surface area contributed by atoms with Gasteiger partial charge >= 0.3 is 0 Å². The SMILES string of the molecule is COc1ccc(NC(=O)CCS(=O)(=O)c2cccc(Cl)c2)cc1OC. The largest absolute Gasteiger partial charge is 0.493 e. The first kappa shape index (κ1) is 19.1. The number of hydrogen-bond acceptors (Lipinski definition) is 5. The van der Waals surface area contributed by atoms with Gasteiger partial charge in [-0.25, -0.2) is 8.42 Å². The summed E-state index contributed by atoms with van der Waals surface area (Å²) < 4.78 is 34.8. The summed E-state index contributed by atoms with van der Waals surface area (Å²) in [5.41, 5.74) is 0.489. The maximum atomic E-state index is 12.3. The average Bonchev–Trinajstić information content (AvgIpc) is 2.60. The van der Waals surface area contributed by atoms with Crippen molar-refractivity contribution in [2.75, 3.05) is 25.3 Å². The van der Waals surface area contributed by atoms with Gasteiger partial charge in [-0.05, 0) is 30.3 Å². The maximum Gasteiger partial charge on any atom is 0.225 e. The normalized spacial score (nSPS) is 11.0. The van der Waals surface area contributed by atoms with Crippen LogP contribution >= 0.6 is 11.6 Å². The van der Waals surface area contributed by atoms with Gasteiger partial charge in [-0.15, -0.1) is 0 Å². The maximum absolute atomic E-state index is 12.3. The Bertz CT molecular complexity index is 867. The number of nitrogens with one attached hydrogen (secondary N) is 1. The van der Waals surface area contributed by atoms with E-state index in [0.717, 1.165) is 0 Å². The molecule has 1 amide bonds. The highest BCUT2D eigenvalue weighted by atomic mass is 35.5. The third kappa shape index (κ3) is 5.11. The van der Waals surface area contributed by atoms with E-state index in [9.17, 15) is 13.2 Å². The summed E-state index contributed by atoms with van der Waals surface area (Å²) in [4.78, 5) is 12.1. The van der Waals surface area contributed by atoms with Crippen LogP contribution in [0.5, 0.6) is 11.5 Å². The minimum atomic E-state index is -3.58. The van der Waals surface area contributed by atoms with Crippen LogP contribution in [0.3, 0.4) is 0 Å². The number of rotatable bonds is 7. The minimum Gasteiger partial charge on any atom is -0.493 e. The second kappa shape index (κ2) is 8.22. The van der Waals surface area contributed by atoms with Crippen LogP contribution in [-0.2, 0) is 14.6 Å². The van der Waals surface area contributed by atoms with E-state index < -0.39 is 15.7 Å².